The average molecular weight is 323 g/mol. The van der Waals surface area contributed by atoms with Crippen molar-refractivity contribution in [1.29, 1.82) is 0 Å². The minimum atomic E-state index is -0.251. The van der Waals surface area contributed by atoms with Crippen molar-refractivity contribution in [3.8, 4) is 0 Å². The lowest BCUT2D eigenvalue weighted by molar-refractivity contribution is 0.781. The van der Waals surface area contributed by atoms with Gasteiger partial charge in [0.05, 0.1) is 5.69 Å². The summed E-state index contributed by atoms with van der Waals surface area (Å²) in [7, 11) is 4.00. The van der Waals surface area contributed by atoms with E-state index < -0.39 is 0 Å². The lowest BCUT2D eigenvalue weighted by Gasteiger charge is -2.11. The van der Waals surface area contributed by atoms with Gasteiger partial charge in [0.15, 0.2) is 0 Å². The van der Waals surface area contributed by atoms with Gasteiger partial charge in [-0.1, -0.05) is 18.2 Å². The van der Waals surface area contributed by atoms with Gasteiger partial charge in [-0.2, -0.15) is 4.52 Å². The van der Waals surface area contributed by atoms with Crippen LogP contribution in [-0.2, 0) is 0 Å². The third kappa shape index (κ3) is 2.33. The van der Waals surface area contributed by atoms with Crippen LogP contribution < -0.4 is 16.0 Å². The molecule has 0 aliphatic heterocycles. The number of aryl methyl sites for hydroxylation is 1. The summed E-state index contributed by atoms with van der Waals surface area (Å²) in [5.74, 6) is 0. The summed E-state index contributed by atoms with van der Waals surface area (Å²) in [5, 5.41) is 0. The van der Waals surface area contributed by atoms with E-state index in [9.17, 15) is 9.59 Å². The number of rotatable bonds is 3. The molecule has 0 saturated heterocycles. The van der Waals surface area contributed by atoms with Crippen molar-refractivity contribution < 1.29 is 0 Å². The van der Waals surface area contributed by atoms with Gasteiger partial charge in [0.25, 0.3) is 11.1 Å². The average Bonchev–Trinajstić information content (AvgIpc) is 2.94. The Labute approximate surface area is 140 Å². The fourth-order valence-electron chi connectivity index (χ4n) is 2.87. The van der Waals surface area contributed by atoms with E-state index in [4.69, 9.17) is 0 Å². The number of fused-ring (bicyclic) bond motifs is 1. The third-order valence-electron chi connectivity index (χ3n) is 4.54. The molecule has 0 fully saturated rings. The summed E-state index contributed by atoms with van der Waals surface area (Å²) in [4.78, 5) is 26.6. The van der Waals surface area contributed by atoms with E-state index in [0.29, 0.717) is 11.1 Å². The molecule has 3 rings (SSSR count). The van der Waals surface area contributed by atoms with E-state index in [1.54, 1.807) is 18.4 Å². The number of benzene rings is 1. The molecule has 0 saturated carbocycles. The van der Waals surface area contributed by atoms with Crippen LogP contribution in [0.3, 0.4) is 0 Å². The maximum atomic E-state index is 12.4. The summed E-state index contributed by atoms with van der Waals surface area (Å²) in [6, 6.07) is 8.14. The van der Waals surface area contributed by atoms with Crippen molar-refractivity contribution >= 4 is 17.8 Å². The Morgan fingerprint density at radius 2 is 1.42 bits per heavy atom. The fourth-order valence-corrected chi connectivity index (χ4v) is 2.87. The standard InChI is InChI=1S/C19H21N3O2/c1-12-14(3)21-17(13(2)19(24)22(21)18(12)23)11-8-15-6-9-16(10-7-15)20(4)5/h6-11H,1-5H3/b11-8+. The Kier molecular flexibility index (Phi) is 3.79. The summed E-state index contributed by atoms with van der Waals surface area (Å²) < 4.78 is 2.93. The second kappa shape index (κ2) is 5.67. The third-order valence-corrected chi connectivity index (χ3v) is 4.54. The van der Waals surface area contributed by atoms with Gasteiger partial charge in [-0.15, -0.1) is 0 Å². The number of anilines is 1. The molecule has 2 heterocycles. The van der Waals surface area contributed by atoms with Gasteiger partial charge in [-0.3, -0.25) is 9.59 Å². The van der Waals surface area contributed by atoms with E-state index >= 15 is 0 Å². The minimum Gasteiger partial charge on any atom is -0.378 e. The van der Waals surface area contributed by atoms with Gasteiger partial charge in [0.1, 0.15) is 0 Å². The molecule has 0 atom stereocenters. The first kappa shape index (κ1) is 16.1. The predicted octanol–water partition coefficient (Wildman–Crippen LogP) is 2.36. The van der Waals surface area contributed by atoms with E-state index in [0.717, 1.165) is 22.6 Å². The Morgan fingerprint density at radius 1 is 0.833 bits per heavy atom. The number of nitrogens with zero attached hydrogens (tertiary/aromatic N) is 3. The molecule has 0 amide bonds. The van der Waals surface area contributed by atoms with Crippen LogP contribution >= 0.6 is 0 Å². The minimum absolute atomic E-state index is 0.240. The number of hydrogen-bond donors (Lipinski definition) is 0. The van der Waals surface area contributed by atoms with Gasteiger partial charge in [-0.05, 0) is 44.5 Å². The highest BCUT2D eigenvalue weighted by molar-refractivity contribution is 5.70. The maximum absolute atomic E-state index is 12.4. The SMILES string of the molecule is Cc1c(C)n2c(/C=C/c3ccc(N(C)C)cc3)c(C)c(=O)n2c1=O. The van der Waals surface area contributed by atoms with Crippen molar-refractivity contribution in [2.24, 2.45) is 0 Å². The van der Waals surface area contributed by atoms with Gasteiger partial charge < -0.3 is 4.90 Å². The van der Waals surface area contributed by atoms with Gasteiger partial charge in [0, 0.05) is 36.6 Å². The van der Waals surface area contributed by atoms with E-state index in [1.807, 2.05) is 62.3 Å². The molecule has 24 heavy (non-hydrogen) atoms. The van der Waals surface area contributed by atoms with Crippen LogP contribution in [0.25, 0.3) is 12.2 Å². The zero-order valence-corrected chi connectivity index (χ0v) is 14.6. The molecule has 0 aliphatic carbocycles. The normalized spacial score (nSPS) is 11.7. The van der Waals surface area contributed by atoms with Gasteiger partial charge in [0.2, 0.25) is 0 Å². The Balaban J connectivity index is 2.10. The smallest absolute Gasteiger partial charge is 0.278 e. The molecule has 124 valence electrons. The second-order valence-electron chi connectivity index (χ2n) is 6.27. The van der Waals surface area contributed by atoms with Crippen molar-refractivity contribution in [1.82, 2.24) is 9.03 Å². The van der Waals surface area contributed by atoms with E-state index in [2.05, 4.69) is 0 Å². The van der Waals surface area contributed by atoms with Crippen LogP contribution in [0.15, 0.2) is 33.9 Å². The molecule has 0 N–H and O–H groups in total. The van der Waals surface area contributed by atoms with E-state index in [-0.39, 0.29) is 11.1 Å². The molecule has 0 radical (unpaired) electrons. The van der Waals surface area contributed by atoms with Crippen LogP contribution in [0.2, 0.25) is 0 Å². The second-order valence-corrected chi connectivity index (χ2v) is 6.27. The largest absolute Gasteiger partial charge is 0.378 e. The molecule has 3 aromatic rings. The monoisotopic (exact) mass is 323 g/mol. The molecule has 0 spiro atoms. The molecule has 0 unspecified atom stereocenters. The lowest BCUT2D eigenvalue weighted by Crippen LogP contribution is -2.23. The van der Waals surface area contributed by atoms with E-state index in [1.165, 1.54) is 4.52 Å². The van der Waals surface area contributed by atoms with Crippen molar-refractivity contribution in [3.05, 3.63) is 73.1 Å². The summed E-state index contributed by atoms with van der Waals surface area (Å²) in [6.45, 7) is 5.37. The predicted molar refractivity (Wildman–Crippen MR) is 98.5 cm³/mol. The Hall–Kier alpha value is -2.82. The highest BCUT2D eigenvalue weighted by atomic mass is 16.2. The zero-order valence-electron chi connectivity index (χ0n) is 14.6. The summed E-state index contributed by atoms with van der Waals surface area (Å²) in [6.07, 6.45) is 3.85. The quantitative estimate of drug-likeness (QED) is 0.743. The zero-order chi connectivity index (χ0) is 17.6. The van der Waals surface area contributed by atoms with Crippen molar-refractivity contribution in [3.63, 3.8) is 0 Å². The first-order valence-electron chi connectivity index (χ1n) is 7.85. The van der Waals surface area contributed by atoms with Crippen LogP contribution in [0.5, 0.6) is 0 Å². The molecule has 5 heteroatoms. The van der Waals surface area contributed by atoms with Crippen molar-refractivity contribution in [2.45, 2.75) is 20.8 Å². The lowest BCUT2D eigenvalue weighted by atomic mass is 10.1. The molecule has 0 aliphatic rings. The molecular formula is C19H21N3O2. The summed E-state index contributed by atoms with van der Waals surface area (Å²) in [5.41, 5.74) is 4.41. The number of hydrogen-bond acceptors (Lipinski definition) is 3. The Bertz CT molecular complexity index is 1040. The topological polar surface area (TPSA) is 46.2 Å². The summed E-state index contributed by atoms with van der Waals surface area (Å²) >= 11 is 0. The molecule has 0 bridgehead atoms. The maximum Gasteiger partial charge on any atom is 0.278 e. The highest BCUT2D eigenvalue weighted by Gasteiger charge is 2.18. The Morgan fingerprint density at radius 3 is 2.00 bits per heavy atom. The fraction of sp³-hybridized carbons (Fsp3) is 0.263. The first-order chi connectivity index (χ1) is 11.3. The van der Waals surface area contributed by atoms with Crippen LogP contribution in [0, 0.1) is 20.8 Å². The molecular weight excluding hydrogens is 302 g/mol. The van der Waals surface area contributed by atoms with Crippen molar-refractivity contribution in [2.75, 3.05) is 19.0 Å². The molecule has 2 aromatic heterocycles. The van der Waals surface area contributed by atoms with Gasteiger partial charge in [-0.25, -0.2) is 4.52 Å². The molecule has 1 aromatic carbocycles. The highest BCUT2D eigenvalue weighted by Crippen LogP contribution is 2.16. The first-order valence-corrected chi connectivity index (χ1v) is 7.85. The van der Waals surface area contributed by atoms with Crippen LogP contribution in [0.1, 0.15) is 28.1 Å². The number of aromatic nitrogens is 2. The van der Waals surface area contributed by atoms with Crippen LogP contribution in [0.4, 0.5) is 5.69 Å². The van der Waals surface area contributed by atoms with Gasteiger partial charge >= 0.3 is 0 Å². The molecule has 5 nitrogen and oxygen atoms in total. The van der Waals surface area contributed by atoms with Crippen LogP contribution in [-0.4, -0.2) is 23.1 Å².